The Kier molecular flexibility index (Phi) is 6.94. The highest BCUT2D eigenvalue weighted by atomic mass is 32.2. The predicted octanol–water partition coefficient (Wildman–Crippen LogP) is 1.73. The zero-order valence-electron chi connectivity index (χ0n) is 13.7. The predicted molar refractivity (Wildman–Crippen MR) is 96.1 cm³/mol. The fraction of sp³-hybridized carbons (Fsp3) is 0.562. The Labute approximate surface area is 148 Å². The summed E-state index contributed by atoms with van der Waals surface area (Å²) in [6, 6.07) is 6.10. The summed E-state index contributed by atoms with van der Waals surface area (Å²) in [6.07, 6.45) is 1.36. The molecule has 134 valence electrons. The van der Waals surface area contributed by atoms with E-state index < -0.39 is 9.84 Å². The lowest BCUT2D eigenvalue weighted by atomic mass is 10.2. The summed E-state index contributed by atoms with van der Waals surface area (Å²) >= 11 is 5.47. The smallest absolute Gasteiger partial charge is 0.169 e. The summed E-state index contributed by atoms with van der Waals surface area (Å²) in [7, 11) is -1.34. The first-order valence-corrected chi connectivity index (χ1v) is 10.1. The Morgan fingerprint density at radius 1 is 1.42 bits per heavy atom. The Morgan fingerprint density at radius 2 is 2.12 bits per heavy atom. The number of benzene rings is 1. The number of nitrogens with one attached hydrogen (secondary N) is 1. The minimum absolute atomic E-state index is 0.0972. The number of methoxy groups -OCH3 is 1. The van der Waals surface area contributed by atoms with E-state index in [9.17, 15) is 12.8 Å². The molecular formula is C16H23FN2O3S2. The van der Waals surface area contributed by atoms with Crippen LogP contribution in [-0.4, -0.2) is 56.2 Å². The maximum Gasteiger partial charge on any atom is 0.169 e. The van der Waals surface area contributed by atoms with Gasteiger partial charge >= 0.3 is 0 Å². The standard InChI is InChI=1S/C16H23FN2O3S2/c1-22-9-2-8-19(15-7-10-24(20,21)12-15)16(23)18-11-13-3-5-14(17)6-4-13/h3-6,15H,2,7-12H2,1H3,(H,18,23)/t15-/m1/s1. The van der Waals surface area contributed by atoms with E-state index in [2.05, 4.69) is 5.32 Å². The van der Waals surface area contributed by atoms with Crippen molar-refractivity contribution in [3.63, 3.8) is 0 Å². The van der Waals surface area contributed by atoms with E-state index in [0.717, 1.165) is 12.0 Å². The molecular weight excluding hydrogens is 351 g/mol. The van der Waals surface area contributed by atoms with Crippen molar-refractivity contribution >= 4 is 27.2 Å². The first-order chi connectivity index (χ1) is 11.4. The van der Waals surface area contributed by atoms with Gasteiger partial charge in [-0.15, -0.1) is 0 Å². The molecule has 1 fully saturated rings. The molecule has 0 bridgehead atoms. The molecule has 24 heavy (non-hydrogen) atoms. The van der Waals surface area contributed by atoms with Gasteiger partial charge < -0.3 is 15.0 Å². The molecule has 0 amide bonds. The van der Waals surface area contributed by atoms with Gasteiger partial charge in [0.15, 0.2) is 14.9 Å². The van der Waals surface area contributed by atoms with Gasteiger partial charge in [0.1, 0.15) is 5.82 Å². The molecule has 0 radical (unpaired) electrons. The van der Waals surface area contributed by atoms with Crippen molar-refractivity contribution in [2.45, 2.75) is 25.4 Å². The van der Waals surface area contributed by atoms with Gasteiger partial charge in [-0.05, 0) is 42.8 Å². The molecule has 1 N–H and O–H groups in total. The van der Waals surface area contributed by atoms with Gasteiger partial charge in [0.2, 0.25) is 0 Å². The highest BCUT2D eigenvalue weighted by Gasteiger charge is 2.33. The van der Waals surface area contributed by atoms with Gasteiger partial charge in [-0.25, -0.2) is 12.8 Å². The van der Waals surface area contributed by atoms with E-state index in [0.29, 0.717) is 31.2 Å². The van der Waals surface area contributed by atoms with Crippen LogP contribution in [0.3, 0.4) is 0 Å². The summed E-state index contributed by atoms with van der Waals surface area (Å²) < 4.78 is 41.5. The fourth-order valence-electron chi connectivity index (χ4n) is 2.73. The van der Waals surface area contributed by atoms with Crippen molar-refractivity contribution in [3.05, 3.63) is 35.6 Å². The topological polar surface area (TPSA) is 58.6 Å². The number of ether oxygens (including phenoxy) is 1. The first-order valence-electron chi connectivity index (χ1n) is 7.89. The molecule has 2 rings (SSSR count). The van der Waals surface area contributed by atoms with Gasteiger partial charge in [0.25, 0.3) is 0 Å². The normalized spacial score (nSPS) is 19.2. The lowest BCUT2D eigenvalue weighted by Crippen LogP contribution is -2.47. The van der Waals surface area contributed by atoms with Crippen LogP contribution in [0.25, 0.3) is 0 Å². The molecule has 0 saturated carbocycles. The van der Waals surface area contributed by atoms with Gasteiger partial charge in [-0.1, -0.05) is 12.1 Å². The van der Waals surface area contributed by atoms with Crippen LogP contribution in [0.1, 0.15) is 18.4 Å². The second-order valence-corrected chi connectivity index (χ2v) is 8.50. The van der Waals surface area contributed by atoms with Crippen molar-refractivity contribution in [1.29, 1.82) is 0 Å². The molecule has 1 atom stereocenters. The second-order valence-electron chi connectivity index (χ2n) is 5.88. The summed E-state index contributed by atoms with van der Waals surface area (Å²) in [5, 5.41) is 3.67. The summed E-state index contributed by atoms with van der Waals surface area (Å²) in [6.45, 7) is 1.71. The molecule has 1 aliphatic rings. The number of thiocarbonyl (C=S) groups is 1. The number of hydrogen-bond acceptors (Lipinski definition) is 4. The zero-order valence-corrected chi connectivity index (χ0v) is 15.3. The molecule has 1 aromatic rings. The lowest BCUT2D eigenvalue weighted by molar-refractivity contribution is 0.181. The molecule has 1 heterocycles. The van der Waals surface area contributed by atoms with E-state index >= 15 is 0 Å². The van der Waals surface area contributed by atoms with Crippen LogP contribution in [0.2, 0.25) is 0 Å². The highest BCUT2D eigenvalue weighted by molar-refractivity contribution is 7.91. The number of nitrogens with zero attached hydrogens (tertiary/aromatic N) is 1. The van der Waals surface area contributed by atoms with Crippen molar-refractivity contribution in [1.82, 2.24) is 10.2 Å². The van der Waals surface area contributed by atoms with E-state index in [4.69, 9.17) is 17.0 Å². The van der Waals surface area contributed by atoms with Crippen molar-refractivity contribution in [3.8, 4) is 0 Å². The maximum absolute atomic E-state index is 12.9. The van der Waals surface area contributed by atoms with Gasteiger partial charge in [-0.3, -0.25) is 0 Å². The summed E-state index contributed by atoms with van der Waals surface area (Å²) in [5.74, 6) is 0.0656. The maximum atomic E-state index is 12.9. The van der Waals surface area contributed by atoms with E-state index in [1.165, 1.54) is 12.1 Å². The number of halogens is 1. The molecule has 0 unspecified atom stereocenters. The van der Waals surface area contributed by atoms with Gasteiger partial charge in [-0.2, -0.15) is 0 Å². The van der Waals surface area contributed by atoms with Crippen molar-refractivity contribution in [2.75, 3.05) is 31.8 Å². The minimum Gasteiger partial charge on any atom is -0.385 e. The summed E-state index contributed by atoms with van der Waals surface area (Å²) in [5.41, 5.74) is 0.912. The Bertz CT molecular complexity index is 650. The van der Waals surface area contributed by atoms with Crippen LogP contribution in [0.4, 0.5) is 4.39 Å². The molecule has 5 nitrogen and oxygen atoms in total. The third-order valence-corrected chi connectivity index (χ3v) is 6.14. The number of rotatable bonds is 7. The third kappa shape index (κ3) is 5.68. The SMILES string of the molecule is COCCCN(C(=S)NCc1ccc(F)cc1)[C@@H]1CCS(=O)(=O)C1. The van der Waals surface area contributed by atoms with Crippen molar-refractivity contribution < 1.29 is 17.5 Å². The molecule has 0 aliphatic carbocycles. The highest BCUT2D eigenvalue weighted by Crippen LogP contribution is 2.18. The monoisotopic (exact) mass is 374 g/mol. The quantitative estimate of drug-likeness (QED) is 0.579. The Hall–Kier alpha value is -1.25. The van der Waals surface area contributed by atoms with E-state index in [1.54, 1.807) is 19.2 Å². The zero-order chi connectivity index (χ0) is 17.6. The first kappa shape index (κ1) is 19.1. The molecule has 0 aromatic heterocycles. The molecule has 1 aliphatic heterocycles. The average Bonchev–Trinajstić information content (AvgIpc) is 2.90. The van der Waals surface area contributed by atoms with Gasteiger partial charge in [0, 0.05) is 32.8 Å². The van der Waals surface area contributed by atoms with Crippen LogP contribution >= 0.6 is 12.2 Å². The van der Waals surface area contributed by atoms with Gasteiger partial charge in [0.05, 0.1) is 11.5 Å². The second kappa shape index (κ2) is 8.73. The fourth-order valence-corrected chi connectivity index (χ4v) is 4.78. The molecule has 1 aromatic carbocycles. The van der Waals surface area contributed by atoms with E-state index in [1.807, 2.05) is 4.90 Å². The number of hydrogen-bond donors (Lipinski definition) is 1. The minimum atomic E-state index is -2.98. The molecule has 0 spiro atoms. The van der Waals surface area contributed by atoms with Crippen molar-refractivity contribution in [2.24, 2.45) is 0 Å². The third-order valence-electron chi connectivity index (χ3n) is 4.01. The largest absolute Gasteiger partial charge is 0.385 e. The Balaban J connectivity index is 1.96. The van der Waals surface area contributed by atoms with Crippen LogP contribution in [0.15, 0.2) is 24.3 Å². The van der Waals surface area contributed by atoms with Crippen LogP contribution in [0, 0.1) is 5.82 Å². The van der Waals surface area contributed by atoms with Crippen LogP contribution < -0.4 is 5.32 Å². The molecule has 1 saturated heterocycles. The summed E-state index contributed by atoms with van der Waals surface area (Å²) in [4.78, 5) is 1.95. The van der Waals surface area contributed by atoms with Crippen LogP contribution in [0.5, 0.6) is 0 Å². The number of sulfone groups is 1. The lowest BCUT2D eigenvalue weighted by Gasteiger charge is -2.31. The van der Waals surface area contributed by atoms with Crippen LogP contribution in [-0.2, 0) is 21.1 Å². The average molecular weight is 375 g/mol. The Morgan fingerprint density at radius 3 is 2.71 bits per heavy atom. The van der Waals surface area contributed by atoms with E-state index in [-0.39, 0.29) is 23.4 Å². The molecule has 8 heteroatoms.